The predicted octanol–water partition coefficient (Wildman–Crippen LogP) is 3.68. The molecule has 0 radical (unpaired) electrons. The lowest BCUT2D eigenvalue weighted by molar-refractivity contribution is -0.126. The Morgan fingerprint density at radius 2 is 1.71 bits per heavy atom. The molecule has 3 fully saturated rings. The Bertz CT molecular complexity index is 429. The summed E-state index contributed by atoms with van der Waals surface area (Å²) < 4.78 is 5.58. The lowest BCUT2D eigenvalue weighted by Gasteiger charge is -2.53. The summed E-state index contributed by atoms with van der Waals surface area (Å²) in [7, 11) is 0. The second-order valence-electron chi connectivity index (χ2n) is 8.22. The van der Waals surface area contributed by atoms with Gasteiger partial charge in [0.15, 0.2) is 0 Å². The van der Waals surface area contributed by atoms with Crippen molar-refractivity contribution < 1.29 is 14.3 Å². The van der Waals surface area contributed by atoms with E-state index in [0.717, 1.165) is 51.4 Å². The molecule has 3 rings (SSSR count). The normalized spacial score (nSPS) is 25.6. The van der Waals surface area contributed by atoms with Gasteiger partial charge in [-0.25, -0.2) is 4.79 Å². The number of nitrogens with zero attached hydrogens (tertiary/aromatic N) is 1. The fraction of sp³-hybridized carbons (Fsp3) is 0.882. The number of amides is 1. The van der Waals surface area contributed by atoms with Crippen molar-refractivity contribution in [3.63, 3.8) is 0 Å². The van der Waals surface area contributed by atoms with Crippen LogP contribution in [0.1, 0.15) is 72.1 Å². The molecule has 21 heavy (non-hydrogen) atoms. The van der Waals surface area contributed by atoms with Crippen LogP contribution in [0.5, 0.6) is 0 Å². The predicted molar refractivity (Wildman–Crippen MR) is 80.0 cm³/mol. The number of carbonyl (C=O) groups is 2. The van der Waals surface area contributed by atoms with Crippen molar-refractivity contribution in [3.05, 3.63) is 0 Å². The van der Waals surface area contributed by atoms with E-state index in [9.17, 15) is 9.59 Å². The van der Waals surface area contributed by atoms with E-state index in [1.807, 2.05) is 25.7 Å². The maximum atomic E-state index is 12.4. The third-order valence-corrected chi connectivity index (χ3v) is 5.14. The molecule has 0 aromatic carbocycles. The summed E-state index contributed by atoms with van der Waals surface area (Å²) in [6.45, 7) is 5.76. The van der Waals surface area contributed by atoms with Crippen molar-refractivity contribution in [1.29, 1.82) is 0 Å². The highest BCUT2D eigenvalue weighted by atomic mass is 16.6. The molecular formula is C17H27NO3. The Hall–Kier alpha value is -1.06. The quantitative estimate of drug-likeness (QED) is 0.780. The molecule has 3 aliphatic rings. The van der Waals surface area contributed by atoms with Crippen molar-refractivity contribution in [3.8, 4) is 0 Å². The van der Waals surface area contributed by atoms with Crippen molar-refractivity contribution in [1.82, 2.24) is 4.90 Å². The molecule has 4 heteroatoms. The third-order valence-electron chi connectivity index (χ3n) is 5.14. The van der Waals surface area contributed by atoms with E-state index in [1.165, 1.54) is 0 Å². The monoisotopic (exact) mass is 293 g/mol. The lowest BCUT2D eigenvalue weighted by Crippen LogP contribution is -2.55. The Balaban J connectivity index is 1.60. The van der Waals surface area contributed by atoms with E-state index in [0.29, 0.717) is 23.3 Å². The van der Waals surface area contributed by atoms with Crippen LogP contribution >= 0.6 is 0 Å². The van der Waals surface area contributed by atoms with Crippen LogP contribution in [0.4, 0.5) is 4.79 Å². The fourth-order valence-corrected chi connectivity index (χ4v) is 3.87. The molecule has 0 aromatic heterocycles. The SMILES string of the molecule is CC(C)(C)OC(=O)N(C1CC1)C1CC2(CCC(=O)CC2)C1. The second-order valence-corrected chi connectivity index (χ2v) is 8.22. The summed E-state index contributed by atoms with van der Waals surface area (Å²) in [6.07, 6.45) is 7.74. The molecule has 1 spiro atoms. The van der Waals surface area contributed by atoms with Gasteiger partial charge in [0.1, 0.15) is 11.4 Å². The van der Waals surface area contributed by atoms with Crippen molar-refractivity contribution in [2.75, 3.05) is 0 Å². The molecule has 3 saturated carbocycles. The first kappa shape index (κ1) is 14.9. The van der Waals surface area contributed by atoms with Gasteiger partial charge in [-0.1, -0.05) is 0 Å². The highest BCUT2D eigenvalue weighted by Gasteiger charge is 2.52. The summed E-state index contributed by atoms with van der Waals surface area (Å²) in [5.41, 5.74) is -0.0867. The van der Waals surface area contributed by atoms with E-state index in [4.69, 9.17) is 4.74 Å². The maximum Gasteiger partial charge on any atom is 0.410 e. The van der Waals surface area contributed by atoms with Crippen LogP contribution in [0.3, 0.4) is 0 Å². The van der Waals surface area contributed by atoms with E-state index in [1.54, 1.807) is 0 Å². The second kappa shape index (κ2) is 4.99. The molecule has 0 aromatic rings. The first-order chi connectivity index (χ1) is 9.78. The highest BCUT2D eigenvalue weighted by molar-refractivity contribution is 5.79. The Labute approximate surface area is 127 Å². The van der Waals surface area contributed by atoms with Crippen molar-refractivity contribution in [2.45, 2.75) is 89.8 Å². The van der Waals surface area contributed by atoms with Gasteiger partial charge in [-0.3, -0.25) is 4.79 Å². The number of ketones is 1. The number of hydrogen-bond acceptors (Lipinski definition) is 3. The van der Waals surface area contributed by atoms with Gasteiger partial charge in [0.05, 0.1) is 0 Å². The minimum Gasteiger partial charge on any atom is -0.444 e. The van der Waals surface area contributed by atoms with Gasteiger partial charge in [0.25, 0.3) is 0 Å². The van der Waals surface area contributed by atoms with Gasteiger partial charge >= 0.3 is 6.09 Å². The number of rotatable bonds is 2. The van der Waals surface area contributed by atoms with Gasteiger partial charge in [0, 0.05) is 24.9 Å². The Morgan fingerprint density at radius 3 is 2.19 bits per heavy atom. The first-order valence-corrected chi connectivity index (χ1v) is 8.31. The van der Waals surface area contributed by atoms with E-state index < -0.39 is 5.60 Å². The minimum atomic E-state index is -0.428. The van der Waals surface area contributed by atoms with E-state index in [2.05, 4.69) is 0 Å². The van der Waals surface area contributed by atoms with Crippen LogP contribution in [-0.4, -0.2) is 34.5 Å². The lowest BCUT2D eigenvalue weighted by atomic mass is 9.58. The molecule has 0 aliphatic heterocycles. The van der Waals surface area contributed by atoms with Gasteiger partial charge < -0.3 is 9.64 Å². The minimum absolute atomic E-state index is 0.142. The average Bonchev–Trinajstić information content (AvgIpc) is 3.12. The summed E-state index contributed by atoms with van der Waals surface area (Å²) in [5, 5.41) is 0. The molecule has 0 saturated heterocycles. The summed E-state index contributed by atoms with van der Waals surface area (Å²) in [6, 6.07) is 0.730. The highest BCUT2D eigenvalue weighted by Crippen LogP contribution is 2.54. The molecule has 0 bridgehead atoms. The molecule has 3 aliphatic carbocycles. The van der Waals surface area contributed by atoms with Gasteiger partial charge in [0.2, 0.25) is 0 Å². The average molecular weight is 293 g/mol. The standard InChI is InChI=1S/C17H27NO3/c1-16(2,3)21-15(20)18(12-4-5-12)13-10-17(11-13)8-6-14(19)7-9-17/h12-13H,4-11H2,1-3H3. The molecule has 0 N–H and O–H groups in total. The molecule has 1 amide bonds. The fourth-order valence-electron chi connectivity index (χ4n) is 3.87. The summed E-state index contributed by atoms with van der Waals surface area (Å²) in [5.74, 6) is 0.412. The number of ether oxygens (including phenoxy) is 1. The maximum absolute atomic E-state index is 12.4. The zero-order valence-corrected chi connectivity index (χ0v) is 13.5. The van der Waals surface area contributed by atoms with Crippen LogP contribution in [0, 0.1) is 5.41 Å². The topological polar surface area (TPSA) is 46.6 Å². The zero-order chi connectivity index (χ0) is 15.3. The Kier molecular flexibility index (Phi) is 3.53. The molecule has 0 heterocycles. The van der Waals surface area contributed by atoms with E-state index >= 15 is 0 Å². The van der Waals surface area contributed by atoms with Crippen molar-refractivity contribution >= 4 is 11.9 Å². The van der Waals surface area contributed by atoms with E-state index in [-0.39, 0.29) is 6.09 Å². The van der Waals surface area contributed by atoms with Crippen LogP contribution < -0.4 is 0 Å². The molecular weight excluding hydrogens is 266 g/mol. The Morgan fingerprint density at radius 1 is 1.14 bits per heavy atom. The van der Waals surface area contributed by atoms with Gasteiger partial charge in [-0.2, -0.15) is 0 Å². The number of Topliss-reactive ketones (excluding diaryl/α,β-unsaturated/α-hetero) is 1. The van der Waals surface area contributed by atoms with Crippen LogP contribution in [0.25, 0.3) is 0 Å². The third kappa shape index (κ3) is 3.24. The molecule has 118 valence electrons. The summed E-state index contributed by atoms with van der Waals surface area (Å²) in [4.78, 5) is 25.9. The summed E-state index contributed by atoms with van der Waals surface area (Å²) >= 11 is 0. The molecule has 0 atom stereocenters. The smallest absolute Gasteiger partial charge is 0.410 e. The first-order valence-electron chi connectivity index (χ1n) is 8.31. The van der Waals surface area contributed by atoms with Crippen LogP contribution in [0.2, 0.25) is 0 Å². The molecule has 4 nitrogen and oxygen atoms in total. The number of carbonyl (C=O) groups excluding carboxylic acids is 2. The zero-order valence-electron chi connectivity index (χ0n) is 13.5. The van der Waals surface area contributed by atoms with Crippen LogP contribution in [-0.2, 0) is 9.53 Å². The molecule has 0 unspecified atom stereocenters. The van der Waals surface area contributed by atoms with Gasteiger partial charge in [-0.05, 0) is 64.7 Å². The van der Waals surface area contributed by atoms with Crippen LogP contribution in [0.15, 0.2) is 0 Å². The van der Waals surface area contributed by atoms with Gasteiger partial charge in [-0.15, -0.1) is 0 Å². The largest absolute Gasteiger partial charge is 0.444 e. The number of hydrogen-bond donors (Lipinski definition) is 0. The van der Waals surface area contributed by atoms with Crippen molar-refractivity contribution in [2.24, 2.45) is 5.41 Å².